The molecule has 0 atom stereocenters. The molecule has 0 fully saturated rings. The molecule has 0 spiro atoms. The first-order valence-corrected chi connectivity index (χ1v) is 5.78. The van der Waals surface area contributed by atoms with E-state index in [9.17, 15) is 0 Å². The number of rotatable bonds is 2. The minimum Gasteiger partial charge on any atom is -0.330 e. The number of hydrogen-bond acceptors (Lipinski definition) is 4. The van der Waals surface area contributed by atoms with Gasteiger partial charge in [-0.05, 0) is 19.1 Å². The van der Waals surface area contributed by atoms with E-state index in [2.05, 4.69) is 16.4 Å². The van der Waals surface area contributed by atoms with Crippen molar-refractivity contribution < 1.29 is 0 Å². The molecule has 1 aromatic carbocycles. The highest BCUT2D eigenvalue weighted by atomic mass is 35.5. The number of aryl methyl sites for hydroxylation is 1. The predicted octanol–water partition coefficient (Wildman–Crippen LogP) is 3.72. The van der Waals surface area contributed by atoms with Crippen LogP contribution in [0, 0.1) is 18.3 Å². The van der Waals surface area contributed by atoms with Crippen LogP contribution < -0.4 is 5.32 Å². The average molecular weight is 250 g/mol. The van der Waals surface area contributed by atoms with Gasteiger partial charge in [0.05, 0.1) is 16.3 Å². The fourth-order valence-corrected chi connectivity index (χ4v) is 2.16. The summed E-state index contributed by atoms with van der Waals surface area (Å²) in [6, 6.07) is 7.37. The third-order valence-corrected chi connectivity index (χ3v) is 3.13. The average Bonchev–Trinajstić information content (AvgIpc) is 2.64. The SMILES string of the molecule is Cc1cnc(Nc2cccc(Cl)c2C#N)s1. The quantitative estimate of drug-likeness (QED) is 0.883. The maximum absolute atomic E-state index is 8.99. The topological polar surface area (TPSA) is 48.7 Å². The second kappa shape index (κ2) is 4.52. The summed E-state index contributed by atoms with van der Waals surface area (Å²) >= 11 is 7.45. The summed E-state index contributed by atoms with van der Waals surface area (Å²) < 4.78 is 0. The van der Waals surface area contributed by atoms with Gasteiger partial charge in [0.15, 0.2) is 5.13 Å². The number of nitrogens with zero attached hydrogens (tertiary/aromatic N) is 2. The fourth-order valence-electron chi connectivity index (χ4n) is 1.27. The molecule has 3 nitrogen and oxygen atoms in total. The molecule has 0 aliphatic carbocycles. The normalized spacial score (nSPS) is 9.81. The second-order valence-electron chi connectivity index (χ2n) is 3.18. The summed E-state index contributed by atoms with van der Waals surface area (Å²) in [7, 11) is 0. The minimum absolute atomic E-state index is 0.442. The Bertz CT molecular complexity index is 557. The van der Waals surface area contributed by atoms with E-state index in [1.54, 1.807) is 24.4 Å². The molecule has 0 aliphatic heterocycles. The van der Waals surface area contributed by atoms with Crippen LogP contribution in [0.15, 0.2) is 24.4 Å². The third-order valence-electron chi connectivity index (χ3n) is 1.99. The molecule has 0 radical (unpaired) electrons. The van der Waals surface area contributed by atoms with Crippen LogP contribution in [0.5, 0.6) is 0 Å². The minimum atomic E-state index is 0.442. The zero-order chi connectivity index (χ0) is 11.5. The Hall–Kier alpha value is -1.57. The number of aromatic nitrogens is 1. The van der Waals surface area contributed by atoms with Crippen LogP contribution in [-0.2, 0) is 0 Å². The lowest BCUT2D eigenvalue weighted by Gasteiger charge is -2.05. The van der Waals surface area contributed by atoms with Gasteiger partial charge in [0.2, 0.25) is 0 Å². The smallest absolute Gasteiger partial charge is 0.187 e. The summed E-state index contributed by atoms with van der Waals surface area (Å²) in [5.74, 6) is 0. The lowest BCUT2D eigenvalue weighted by Crippen LogP contribution is -1.93. The van der Waals surface area contributed by atoms with Gasteiger partial charge in [-0.1, -0.05) is 17.7 Å². The summed E-state index contributed by atoms with van der Waals surface area (Å²) in [5.41, 5.74) is 1.13. The van der Waals surface area contributed by atoms with E-state index >= 15 is 0 Å². The second-order valence-corrected chi connectivity index (χ2v) is 4.82. The molecule has 5 heteroatoms. The van der Waals surface area contributed by atoms with Crippen molar-refractivity contribution in [3.63, 3.8) is 0 Å². The van der Waals surface area contributed by atoms with Crippen molar-refractivity contribution in [3.05, 3.63) is 39.9 Å². The standard InChI is InChI=1S/C11H8ClN3S/c1-7-6-14-11(16-7)15-10-4-2-3-9(12)8(10)5-13/h2-4,6H,1H3,(H,14,15). The lowest BCUT2D eigenvalue weighted by molar-refractivity contribution is 1.36. The Morgan fingerprint density at radius 1 is 1.50 bits per heavy atom. The maximum Gasteiger partial charge on any atom is 0.187 e. The molecule has 0 amide bonds. The van der Waals surface area contributed by atoms with Gasteiger partial charge in [-0.25, -0.2) is 4.98 Å². The molecule has 2 aromatic rings. The van der Waals surface area contributed by atoms with Crippen LogP contribution in [-0.4, -0.2) is 4.98 Å². The number of anilines is 2. The largest absolute Gasteiger partial charge is 0.330 e. The molecular weight excluding hydrogens is 242 g/mol. The van der Waals surface area contributed by atoms with Gasteiger partial charge in [0.1, 0.15) is 6.07 Å². The molecule has 0 aliphatic rings. The lowest BCUT2D eigenvalue weighted by atomic mass is 10.2. The van der Waals surface area contributed by atoms with E-state index in [0.717, 1.165) is 10.0 Å². The molecule has 80 valence electrons. The molecule has 0 bridgehead atoms. The Kier molecular flexibility index (Phi) is 3.09. The zero-order valence-electron chi connectivity index (χ0n) is 8.49. The highest BCUT2D eigenvalue weighted by Gasteiger charge is 2.07. The van der Waals surface area contributed by atoms with Gasteiger partial charge in [-0.2, -0.15) is 5.26 Å². The number of hydrogen-bond donors (Lipinski definition) is 1. The molecule has 1 heterocycles. The third kappa shape index (κ3) is 2.16. The van der Waals surface area contributed by atoms with E-state index < -0.39 is 0 Å². The van der Waals surface area contributed by atoms with Crippen molar-refractivity contribution >= 4 is 33.8 Å². The van der Waals surface area contributed by atoms with Crippen LogP contribution in [0.25, 0.3) is 0 Å². The van der Waals surface area contributed by atoms with Gasteiger partial charge in [-0.3, -0.25) is 0 Å². The highest BCUT2D eigenvalue weighted by molar-refractivity contribution is 7.15. The predicted molar refractivity (Wildman–Crippen MR) is 66.3 cm³/mol. The number of thiazole rings is 1. The Morgan fingerprint density at radius 3 is 2.94 bits per heavy atom. The number of halogens is 1. The summed E-state index contributed by atoms with van der Waals surface area (Å²) in [6.07, 6.45) is 1.78. The van der Waals surface area contributed by atoms with Crippen molar-refractivity contribution in [2.75, 3.05) is 5.32 Å². The molecule has 0 saturated heterocycles. The fraction of sp³-hybridized carbons (Fsp3) is 0.0909. The highest BCUT2D eigenvalue weighted by Crippen LogP contribution is 2.28. The van der Waals surface area contributed by atoms with Crippen molar-refractivity contribution in [2.45, 2.75) is 6.92 Å². The summed E-state index contributed by atoms with van der Waals surface area (Å²) in [5, 5.41) is 13.3. The molecule has 2 rings (SSSR count). The first-order valence-electron chi connectivity index (χ1n) is 4.59. The number of nitriles is 1. The molecule has 1 aromatic heterocycles. The van der Waals surface area contributed by atoms with Crippen LogP contribution >= 0.6 is 22.9 Å². The number of nitrogens with one attached hydrogen (secondary N) is 1. The summed E-state index contributed by atoms with van der Waals surface area (Å²) in [4.78, 5) is 5.28. The van der Waals surface area contributed by atoms with E-state index in [1.807, 2.05) is 6.92 Å². The van der Waals surface area contributed by atoms with E-state index in [-0.39, 0.29) is 0 Å². The molecule has 0 saturated carbocycles. The van der Waals surface area contributed by atoms with Gasteiger partial charge < -0.3 is 5.32 Å². The molecule has 0 unspecified atom stereocenters. The van der Waals surface area contributed by atoms with Crippen LogP contribution in [0.4, 0.5) is 10.8 Å². The van der Waals surface area contributed by atoms with E-state index in [4.69, 9.17) is 16.9 Å². The van der Waals surface area contributed by atoms with Crippen molar-refractivity contribution in [3.8, 4) is 6.07 Å². The van der Waals surface area contributed by atoms with Crippen LogP contribution in [0.1, 0.15) is 10.4 Å². The first-order chi connectivity index (χ1) is 7.70. The Balaban J connectivity index is 2.35. The molecule has 16 heavy (non-hydrogen) atoms. The van der Waals surface area contributed by atoms with Crippen molar-refractivity contribution in [1.29, 1.82) is 5.26 Å². The Labute approximate surface area is 102 Å². The van der Waals surface area contributed by atoms with Gasteiger partial charge >= 0.3 is 0 Å². The summed E-state index contributed by atoms with van der Waals surface area (Å²) in [6.45, 7) is 1.98. The zero-order valence-corrected chi connectivity index (χ0v) is 10.1. The van der Waals surface area contributed by atoms with E-state index in [1.165, 1.54) is 11.3 Å². The maximum atomic E-state index is 8.99. The van der Waals surface area contributed by atoms with Gasteiger partial charge in [0, 0.05) is 11.1 Å². The first kappa shape index (κ1) is 10.9. The van der Waals surface area contributed by atoms with Gasteiger partial charge in [0.25, 0.3) is 0 Å². The number of benzene rings is 1. The van der Waals surface area contributed by atoms with Crippen LogP contribution in [0.2, 0.25) is 5.02 Å². The van der Waals surface area contributed by atoms with E-state index in [0.29, 0.717) is 16.3 Å². The van der Waals surface area contributed by atoms with Gasteiger partial charge in [-0.15, -0.1) is 11.3 Å². The monoisotopic (exact) mass is 249 g/mol. The Morgan fingerprint density at radius 2 is 2.31 bits per heavy atom. The van der Waals surface area contributed by atoms with Crippen molar-refractivity contribution in [2.24, 2.45) is 0 Å². The van der Waals surface area contributed by atoms with Crippen LogP contribution in [0.3, 0.4) is 0 Å². The molecule has 1 N–H and O–H groups in total. The van der Waals surface area contributed by atoms with Crippen molar-refractivity contribution in [1.82, 2.24) is 4.98 Å². The molecular formula is C11H8ClN3S.